The van der Waals surface area contributed by atoms with Crippen molar-refractivity contribution in [2.45, 2.75) is 45.4 Å². The summed E-state index contributed by atoms with van der Waals surface area (Å²) in [6.07, 6.45) is 7.13. The normalized spacial score (nSPS) is 10.3. The predicted octanol–water partition coefficient (Wildman–Crippen LogP) is 3.19. The van der Waals surface area contributed by atoms with E-state index < -0.39 is 5.97 Å². The molecule has 1 heterocycles. The molecule has 0 atom stereocenters. The zero-order valence-corrected chi connectivity index (χ0v) is 12.4. The van der Waals surface area contributed by atoms with Gasteiger partial charge in [0.1, 0.15) is 0 Å². The number of nitrogens with zero attached hydrogens (tertiary/aromatic N) is 1. The zero-order chi connectivity index (χ0) is 14.8. The molecule has 0 aromatic carbocycles. The topological polar surface area (TPSA) is 74.4 Å². The number of carbonyl (C=O) groups is 1. The summed E-state index contributed by atoms with van der Waals surface area (Å²) in [5.74, 6) is -0.184. The van der Waals surface area contributed by atoms with Crippen molar-refractivity contribution in [3.05, 3.63) is 17.8 Å². The van der Waals surface area contributed by atoms with Gasteiger partial charge in [0, 0.05) is 0 Å². The molecular weight excluding hydrogens is 256 g/mol. The van der Waals surface area contributed by atoms with Crippen molar-refractivity contribution in [1.82, 2.24) is 4.98 Å². The number of anilines is 1. The Morgan fingerprint density at radius 3 is 2.60 bits per heavy atom. The molecule has 0 fully saturated rings. The molecule has 0 amide bonds. The molecule has 1 aromatic rings. The maximum absolute atomic E-state index is 11.4. The molecule has 5 heteroatoms. The third-order valence-electron chi connectivity index (χ3n) is 3.02. The molecule has 0 aliphatic heterocycles. The summed E-state index contributed by atoms with van der Waals surface area (Å²) in [4.78, 5) is 15.4. The van der Waals surface area contributed by atoms with Crippen LogP contribution in [0.2, 0.25) is 0 Å². The number of hydrogen-bond donors (Lipinski definition) is 1. The van der Waals surface area contributed by atoms with Crippen molar-refractivity contribution >= 4 is 11.7 Å². The van der Waals surface area contributed by atoms with Crippen LogP contribution in [-0.2, 0) is 4.74 Å². The first-order valence-electron chi connectivity index (χ1n) is 7.16. The number of nitrogens with two attached hydrogens (primary N) is 1. The Morgan fingerprint density at radius 1 is 1.20 bits per heavy atom. The Kier molecular flexibility index (Phi) is 7.47. The monoisotopic (exact) mass is 280 g/mol. The first-order chi connectivity index (χ1) is 9.69. The van der Waals surface area contributed by atoms with E-state index in [0.29, 0.717) is 18.2 Å². The Hall–Kier alpha value is -1.78. The van der Waals surface area contributed by atoms with E-state index in [1.165, 1.54) is 38.9 Å². The van der Waals surface area contributed by atoms with Crippen LogP contribution in [0.1, 0.15) is 55.9 Å². The Morgan fingerprint density at radius 2 is 1.90 bits per heavy atom. The highest BCUT2D eigenvalue weighted by molar-refractivity contribution is 5.87. The maximum Gasteiger partial charge on any atom is 0.356 e. The summed E-state index contributed by atoms with van der Waals surface area (Å²) in [7, 11) is 1.32. The molecule has 0 aliphatic rings. The number of unbranched alkanes of at least 4 members (excludes halogenated alkanes) is 5. The summed E-state index contributed by atoms with van der Waals surface area (Å²) in [6, 6.07) is 3.13. The van der Waals surface area contributed by atoms with Gasteiger partial charge in [0.15, 0.2) is 5.69 Å². The number of hydrogen-bond acceptors (Lipinski definition) is 5. The fraction of sp³-hybridized carbons (Fsp3) is 0.600. The van der Waals surface area contributed by atoms with E-state index in [9.17, 15) is 4.79 Å². The van der Waals surface area contributed by atoms with Crippen LogP contribution in [-0.4, -0.2) is 24.7 Å². The van der Waals surface area contributed by atoms with Gasteiger partial charge in [0.25, 0.3) is 0 Å². The van der Waals surface area contributed by atoms with Crippen LogP contribution < -0.4 is 10.5 Å². The van der Waals surface area contributed by atoms with E-state index >= 15 is 0 Å². The highest BCUT2D eigenvalue weighted by atomic mass is 16.5. The average Bonchev–Trinajstić information content (AvgIpc) is 2.47. The fourth-order valence-corrected chi connectivity index (χ4v) is 1.84. The Labute approximate surface area is 120 Å². The lowest BCUT2D eigenvalue weighted by Crippen LogP contribution is -2.08. The minimum atomic E-state index is -0.491. The molecule has 0 saturated carbocycles. The minimum Gasteiger partial charge on any atom is -0.476 e. The van der Waals surface area contributed by atoms with E-state index in [1.807, 2.05) is 0 Å². The van der Waals surface area contributed by atoms with Crippen molar-refractivity contribution in [2.75, 3.05) is 19.5 Å². The van der Waals surface area contributed by atoms with E-state index in [-0.39, 0.29) is 5.69 Å². The molecule has 0 bridgehead atoms. The first kappa shape index (κ1) is 16.3. The fourth-order valence-electron chi connectivity index (χ4n) is 1.84. The number of aromatic nitrogens is 1. The molecule has 0 radical (unpaired) electrons. The number of pyridine rings is 1. The Bertz CT molecular complexity index is 422. The number of nitrogen functional groups attached to an aromatic ring is 1. The van der Waals surface area contributed by atoms with Gasteiger partial charge in [0.2, 0.25) is 5.88 Å². The molecule has 1 rings (SSSR count). The van der Waals surface area contributed by atoms with Gasteiger partial charge in [-0.1, -0.05) is 39.0 Å². The molecule has 0 saturated heterocycles. The van der Waals surface area contributed by atoms with Crippen molar-refractivity contribution in [3.8, 4) is 5.88 Å². The van der Waals surface area contributed by atoms with E-state index in [2.05, 4.69) is 16.6 Å². The lowest BCUT2D eigenvalue weighted by molar-refractivity contribution is 0.0593. The van der Waals surface area contributed by atoms with Crippen molar-refractivity contribution in [3.63, 3.8) is 0 Å². The highest BCUT2D eigenvalue weighted by Crippen LogP contribution is 2.19. The first-order valence-corrected chi connectivity index (χ1v) is 7.16. The summed E-state index contributed by atoms with van der Waals surface area (Å²) in [6.45, 7) is 2.76. The van der Waals surface area contributed by atoms with Gasteiger partial charge in [-0.2, -0.15) is 0 Å². The van der Waals surface area contributed by atoms with E-state index in [1.54, 1.807) is 6.07 Å². The van der Waals surface area contributed by atoms with Crippen molar-refractivity contribution < 1.29 is 14.3 Å². The van der Waals surface area contributed by atoms with Gasteiger partial charge < -0.3 is 15.2 Å². The predicted molar refractivity (Wildman–Crippen MR) is 78.9 cm³/mol. The maximum atomic E-state index is 11.4. The molecule has 0 spiro atoms. The molecule has 2 N–H and O–H groups in total. The number of methoxy groups -OCH3 is 1. The second-order valence-electron chi connectivity index (χ2n) is 4.70. The molecule has 0 aliphatic carbocycles. The third kappa shape index (κ3) is 5.47. The zero-order valence-electron chi connectivity index (χ0n) is 12.4. The van der Waals surface area contributed by atoms with Crippen LogP contribution in [0.15, 0.2) is 12.1 Å². The lowest BCUT2D eigenvalue weighted by atomic mass is 10.1. The van der Waals surface area contributed by atoms with Gasteiger partial charge in [-0.15, -0.1) is 0 Å². The van der Waals surface area contributed by atoms with Gasteiger partial charge in [0.05, 0.1) is 19.4 Å². The second-order valence-corrected chi connectivity index (χ2v) is 4.70. The summed E-state index contributed by atoms with van der Waals surface area (Å²) in [5, 5.41) is 0. The van der Waals surface area contributed by atoms with E-state index in [0.717, 1.165) is 12.8 Å². The van der Waals surface area contributed by atoms with Crippen molar-refractivity contribution in [2.24, 2.45) is 0 Å². The smallest absolute Gasteiger partial charge is 0.356 e. The molecule has 20 heavy (non-hydrogen) atoms. The number of esters is 1. The second kappa shape index (κ2) is 9.18. The average molecular weight is 280 g/mol. The van der Waals surface area contributed by atoms with Gasteiger partial charge in [-0.3, -0.25) is 0 Å². The van der Waals surface area contributed by atoms with Gasteiger partial charge >= 0.3 is 5.97 Å². The summed E-state index contributed by atoms with van der Waals surface area (Å²) in [5.41, 5.74) is 6.41. The molecular formula is C15H24N2O3. The van der Waals surface area contributed by atoms with Crippen LogP contribution >= 0.6 is 0 Å². The SMILES string of the molecule is CCCCCCCCOc1nc(C(=O)OC)ccc1N. The largest absolute Gasteiger partial charge is 0.476 e. The van der Waals surface area contributed by atoms with Crippen LogP contribution in [0.3, 0.4) is 0 Å². The third-order valence-corrected chi connectivity index (χ3v) is 3.02. The standard InChI is InChI=1S/C15H24N2O3/c1-3-4-5-6-7-8-11-20-14-12(16)9-10-13(17-14)15(18)19-2/h9-10H,3-8,11,16H2,1-2H3. The van der Waals surface area contributed by atoms with Crippen LogP contribution in [0.25, 0.3) is 0 Å². The van der Waals surface area contributed by atoms with Gasteiger partial charge in [-0.05, 0) is 18.6 Å². The molecule has 1 aromatic heterocycles. The lowest BCUT2D eigenvalue weighted by Gasteiger charge is -2.09. The van der Waals surface area contributed by atoms with Gasteiger partial charge in [-0.25, -0.2) is 9.78 Å². The highest BCUT2D eigenvalue weighted by Gasteiger charge is 2.11. The van der Waals surface area contributed by atoms with E-state index in [4.69, 9.17) is 10.5 Å². The number of rotatable bonds is 9. The molecule has 0 unspecified atom stereocenters. The van der Waals surface area contributed by atoms with Crippen molar-refractivity contribution in [1.29, 1.82) is 0 Å². The van der Waals surface area contributed by atoms with Crippen LogP contribution in [0.4, 0.5) is 5.69 Å². The summed E-state index contributed by atoms with van der Waals surface area (Å²) < 4.78 is 10.1. The van der Waals surface area contributed by atoms with Crippen LogP contribution in [0, 0.1) is 0 Å². The summed E-state index contributed by atoms with van der Waals surface area (Å²) >= 11 is 0. The number of ether oxygens (including phenoxy) is 2. The Balaban J connectivity index is 2.37. The minimum absolute atomic E-state index is 0.208. The molecule has 112 valence electrons. The van der Waals surface area contributed by atoms with Crippen LogP contribution in [0.5, 0.6) is 5.88 Å². The molecule has 5 nitrogen and oxygen atoms in total. The number of carbonyl (C=O) groups excluding carboxylic acids is 1. The quantitative estimate of drug-likeness (QED) is 0.555.